The second-order valence-electron chi connectivity index (χ2n) is 5.41. The molecule has 3 unspecified atom stereocenters. The van der Waals surface area contributed by atoms with E-state index >= 15 is 0 Å². The van der Waals surface area contributed by atoms with Gasteiger partial charge >= 0.3 is 0 Å². The van der Waals surface area contributed by atoms with E-state index in [0.29, 0.717) is 6.04 Å². The summed E-state index contributed by atoms with van der Waals surface area (Å²) in [5, 5.41) is 0. The molecule has 0 aromatic carbocycles. The van der Waals surface area contributed by atoms with Crippen LogP contribution in [0.2, 0.25) is 0 Å². The minimum Gasteiger partial charge on any atom is -0.381 e. The molecule has 3 heteroatoms. The Kier molecular flexibility index (Phi) is 4.62. The Morgan fingerprint density at radius 3 is 2.81 bits per heavy atom. The van der Waals surface area contributed by atoms with Gasteiger partial charge in [0.2, 0.25) is 0 Å². The van der Waals surface area contributed by atoms with Crippen molar-refractivity contribution in [2.45, 2.75) is 38.6 Å². The fourth-order valence-corrected chi connectivity index (χ4v) is 3.10. The summed E-state index contributed by atoms with van der Waals surface area (Å²) in [5.41, 5.74) is 5.91. The van der Waals surface area contributed by atoms with Crippen LogP contribution in [0.15, 0.2) is 0 Å². The van der Waals surface area contributed by atoms with E-state index in [4.69, 9.17) is 10.5 Å². The van der Waals surface area contributed by atoms with Gasteiger partial charge in [0.25, 0.3) is 0 Å². The third-order valence-electron chi connectivity index (χ3n) is 4.31. The van der Waals surface area contributed by atoms with Crippen LogP contribution in [-0.4, -0.2) is 43.8 Å². The van der Waals surface area contributed by atoms with Gasteiger partial charge in [-0.1, -0.05) is 13.3 Å². The minimum atomic E-state index is 0.624. The van der Waals surface area contributed by atoms with Crippen molar-refractivity contribution >= 4 is 0 Å². The molecule has 94 valence electrons. The Morgan fingerprint density at radius 2 is 2.19 bits per heavy atom. The number of hydrogen-bond donors (Lipinski definition) is 1. The van der Waals surface area contributed by atoms with E-state index < -0.39 is 0 Å². The highest BCUT2D eigenvalue weighted by Crippen LogP contribution is 2.26. The summed E-state index contributed by atoms with van der Waals surface area (Å²) in [6, 6.07) is 0.624. The van der Waals surface area contributed by atoms with Crippen LogP contribution in [0.4, 0.5) is 0 Å². The van der Waals surface area contributed by atoms with Crippen LogP contribution in [0.3, 0.4) is 0 Å². The first-order valence-electron chi connectivity index (χ1n) is 6.85. The number of nitrogens with zero attached hydrogens (tertiary/aromatic N) is 1. The van der Waals surface area contributed by atoms with Gasteiger partial charge in [-0.15, -0.1) is 0 Å². The van der Waals surface area contributed by atoms with E-state index in [0.717, 1.165) is 31.6 Å². The van der Waals surface area contributed by atoms with Crippen LogP contribution in [0.25, 0.3) is 0 Å². The Morgan fingerprint density at radius 1 is 1.31 bits per heavy atom. The van der Waals surface area contributed by atoms with Crippen molar-refractivity contribution in [3.05, 3.63) is 0 Å². The Balaban J connectivity index is 1.83. The Bertz CT molecular complexity index is 204. The zero-order chi connectivity index (χ0) is 11.4. The SMILES string of the molecule is CCC1CCN(CC2CCOC2)C(CN)C1. The fourth-order valence-electron chi connectivity index (χ4n) is 3.10. The summed E-state index contributed by atoms with van der Waals surface area (Å²) < 4.78 is 5.45. The molecule has 2 saturated heterocycles. The standard InChI is InChI=1S/C13H26N2O/c1-2-11-3-5-15(13(7-11)8-14)9-12-4-6-16-10-12/h11-13H,2-10,14H2,1H3. The molecule has 0 amide bonds. The lowest BCUT2D eigenvalue weighted by Crippen LogP contribution is -2.48. The van der Waals surface area contributed by atoms with Crippen molar-refractivity contribution < 1.29 is 4.74 Å². The third-order valence-corrected chi connectivity index (χ3v) is 4.31. The van der Waals surface area contributed by atoms with Gasteiger partial charge in [-0.2, -0.15) is 0 Å². The lowest BCUT2D eigenvalue weighted by Gasteiger charge is -2.39. The highest BCUT2D eigenvalue weighted by Gasteiger charge is 2.29. The highest BCUT2D eigenvalue weighted by molar-refractivity contribution is 4.84. The molecule has 0 aliphatic carbocycles. The molecule has 0 radical (unpaired) electrons. The van der Waals surface area contributed by atoms with E-state index in [9.17, 15) is 0 Å². The van der Waals surface area contributed by atoms with E-state index in [1.165, 1.54) is 38.8 Å². The number of nitrogens with two attached hydrogens (primary N) is 1. The summed E-state index contributed by atoms with van der Waals surface area (Å²) in [7, 11) is 0. The predicted octanol–water partition coefficient (Wildman–Crippen LogP) is 1.47. The van der Waals surface area contributed by atoms with Gasteiger partial charge in [0, 0.05) is 25.7 Å². The molecule has 3 atom stereocenters. The normalized spacial score (nSPS) is 36.8. The minimum absolute atomic E-state index is 0.624. The van der Waals surface area contributed by atoms with E-state index in [1.807, 2.05) is 0 Å². The maximum absolute atomic E-state index is 5.91. The predicted molar refractivity (Wildman–Crippen MR) is 66.4 cm³/mol. The van der Waals surface area contributed by atoms with Crippen LogP contribution in [-0.2, 0) is 4.74 Å². The quantitative estimate of drug-likeness (QED) is 0.789. The largest absolute Gasteiger partial charge is 0.381 e. The van der Waals surface area contributed by atoms with E-state index in [2.05, 4.69) is 11.8 Å². The summed E-state index contributed by atoms with van der Waals surface area (Å²) in [6.07, 6.45) is 5.23. The average Bonchev–Trinajstić information content (AvgIpc) is 2.82. The zero-order valence-corrected chi connectivity index (χ0v) is 10.5. The number of ether oxygens (including phenoxy) is 1. The van der Waals surface area contributed by atoms with Crippen molar-refractivity contribution in [3.63, 3.8) is 0 Å². The first-order valence-corrected chi connectivity index (χ1v) is 6.85. The van der Waals surface area contributed by atoms with E-state index in [-0.39, 0.29) is 0 Å². The molecule has 0 spiro atoms. The molecule has 16 heavy (non-hydrogen) atoms. The topological polar surface area (TPSA) is 38.5 Å². The smallest absolute Gasteiger partial charge is 0.0507 e. The molecule has 0 saturated carbocycles. The third kappa shape index (κ3) is 2.96. The van der Waals surface area contributed by atoms with Crippen molar-refractivity contribution in [1.82, 2.24) is 4.90 Å². The lowest BCUT2D eigenvalue weighted by molar-refractivity contribution is 0.0908. The molecular formula is C13H26N2O. The maximum atomic E-state index is 5.91. The number of piperidine rings is 1. The van der Waals surface area contributed by atoms with Gasteiger partial charge in [0.1, 0.15) is 0 Å². The Hall–Kier alpha value is -0.120. The highest BCUT2D eigenvalue weighted by atomic mass is 16.5. The van der Waals surface area contributed by atoms with Crippen LogP contribution >= 0.6 is 0 Å². The first-order chi connectivity index (χ1) is 7.83. The molecule has 0 bridgehead atoms. The van der Waals surface area contributed by atoms with Crippen molar-refractivity contribution in [1.29, 1.82) is 0 Å². The maximum Gasteiger partial charge on any atom is 0.0507 e. The molecule has 2 aliphatic rings. The molecule has 2 fully saturated rings. The van der Waals surface area contributed by atoms with Crippen LogP contribution < -0.4 is 5.73 Å². The van der Waals surface area contributed by atoms with Crippen LogP contribution in [0, 0.1) is 11.8 Å². The molecule has 0 aromatic rings. The molecule has 2 N–H and O–H groups in total. The monoisotopic (exact) mass is 226 g/mol. The van der Waals surface area contributed by atoms with E-state index in [1.54, 1.807) is 0 Å². The second-order valence-corrected chi connectivity index (χ2v) is 5.41. The molecule has 2 rings (SSSR count). The van der Waals surface area contributed by atoms with Crippen molar-refractivity contribution in [2.24, 2.45) is 17.6 Å². The first kappa shape index (κ1) is 12.3. The zero-order valence-electron chi connectivity index (χ0n) is 10.5. The second kappa shape index (κ2) is 5.99. The number of likely N-dealkylation sites (tertiary alicyclic amines) is 1. The summed E-state index contributed by atoms with van der Waals surface area (Å²) in [5.74, 6) is 1.66. The summed E-state index contributed by atoms with van der Waals surface area (Å²) in [6.45, 7) is 7.51. The molecule has 2 aliphatic heterocycles. The molecule has 0 aromatic heterocycles. The lowest BCUT2D eigenvalue weighted by atomic mass is 9.88. The Labute approximate surface area is 99.3 Å². The molecular weight excluding hydrogens is 200 g/mol. The van der Waals surface area contributed by atoms with Gasteiger partial charge in [-0.3, -0.25) is 4.90 Å². The van der Waals surface area contributed by atoms with Gasteiger partial charge in [-0.05, 0) is 37.6 Å². The van der Waals surface area contributed by atoms with Crippen molar-refractivity contribution in [3.8, 4) is 0 Å². The van der Waals surface area contributed by atoms with Crippen LogP contribution in [0.5, 0.6) is 0 Å². The van der Waals surface area contributed by atoms with Crippen molar-refractivity contribution in [2.75, 3.05) is 32.8 Å². The van der Waals surface area contributed by atoms with Gasteiger partial charge in [0.05, 0.1) is 6.61 Å². The van der Waals surface area contributed by atoms with Gasteiger partial charge in [-0.25, -0.2) is 0 Å². The fraction of sp³-hybridized carbons (Fsp3) is 1.00. The van der Waals surface area contributed by atoms with Gasteiger partial charge in [0.15, 0.2) is 0 Å². The average molecular weight is 226 g/mol. The molecule has 3 nitrogen and oxygen atoms in total. The number of rotatable bonds is 4. The van der Waals surface area contributed by atoms with Crippen LogP contribution in [0.1, 0.15) is 32.6 Å². The van der Waals surface area contributed by atoms with Gasteiger partial charge < -0.3 is 10.5 Å². The molecule has 2 heterocycles. The summed E-state index contributed by atoms with van der Waals surface area (Å²) in [4.78, 5) is 2.62. The number of hydrogen-bond acceptors (Lipinski definition) is 3. The summed E-state index contributed by atoms with van der Waals surface area (Å²) >= 11 is 0.